The molecule has 1 N–H and O–H groups in total. The maximum absolute atomic E-state index is 12.8. The number of benzene rings is 1. The third kappa shape index (κ3) is 2.64. The van der Waals surface area contributed by atoms with Gasteiger partial charge in [0.25, 0.3) is 0 Å². The van der Waals surface area contributed by atoms with Crippen molar-refractivity contribution >= 4 is 39.3 Å². The predicted molar refractivity (Wildman–Crippen MR) is 97.7 cm³/mol. The molecule has 116 valence electrons. The molecule has 1 aliphatic rings. The van der Waals surface area contributed by atoms with Crippen LogP contribution >= 0.6 is 23.6 Å². The van der Waals surface area contributed by atoms with Crippen molar-refractivity contribution in [2.45, 2.75) is 24.0 Å². The maximum Gasteiger partial charge on any atom is 0.131 e. The highest BCUT2D eigenvalue weighted by molar-refractivity contribution is 7.90. The second-order valence-electron chi connectivity index (χ2n) is 5.31. The number of thiocarbonyl (C=S) groups is 1. The molecular formula is C16H18N2OS3. The molecule has 0 amide bonds. The molecule has 1 aromatic carbocycles. The van der Waals surface area contributed by atoms with Crippen LogP contribution < -0.4 is 5.32 Å². The van der Waals surface area contributed by atoms with Crippen LogP contribution in [0.15, 0.2) is 36.5 Å². The van der Waals surface area contributed by atoms with E-state index in [0.717, 1.165) is 34.7 Å². The molecule has 2 atom stereocenters. The lowest BCUT2D eigenvalue weighted by molar-refractivity contribution is 0.579. The first-order chi connectivity index (χ1) is 10.7. The second kappa shape index (κ2) is 6.56. The highest BCUT2D eigenvalue weighted by Gasteiger charge is 2.45. The SMILES string of the molecule is CNC(=S)[C@]1(c2cnc(-c3ccccc3)s2)CCCC[S@]1=O. The van der Waals surface area contributed by atoms with Crippen LogP contribution in [0.5, 0.6) is 0 Å². The standard InChI is InChI=1S/C16H18N2OS3/c1-17-15(20)16(9-5-6-10-22(16)19)13-11-18-14(21-13)12-7-3-2-4-8-12/h2-4,7-8,11H,5-6,9-10H2,1H3,(H,17,20)/t16-,22-/m1/s1. The van der Waals surface area contributed by atoms with Crippen molar-refractivity contribution in [3.05, 3.63) is 41.4 Å². The van der Waals surface area contributed by atoms with Crippen LogP contribution in [0.2, 0.25) is 0 Å². The van der Waals surface area contributed by atoms with E-state index in [-0.39, 0.29) is 0 Å². The van der Waals surface area contributed by atoms with Crippen molar-refractivity contribution < 1.29 is 4.21 Å². The monoisotopic (exact) mass is 350 g/mol. The van der Waals surface area contributed by atoms with Gasteiger partial charge in [-0.3, -0.25) is 4.21 Å². The van der Waals surface area contributed by atoms with Gasteiger partial charge in [0, 0.05) is 35.4 Å². The third-order valence-electron chi connectivity index (χ3n) is 4.02. The highest BCUT2D eigenvalue weighted by atomic mass is 32.2. The van der Waals surface area contributed by atoms with E-state index in [2.05, 4.69) is 10.3 Å². The van der Waals surface area contributed by atoms with E-state index in [4.69, 9.17) is 12.2 Å². The van der Waals surface area contributed by atoms with E-state index in [1.54, 1.807) is 11.3 Å². The Balaban J connectivity index is 2.05. The fraction of sp³-hybridized carbons (Fsp3) is 0.375. The van der Waals surface area contributed by atoms with E-state index in [9.17, 15) is 4.21 Å². The van der Waals surface area contributed by atoms with Crippen LogP contribution in [0.3, 0.4) is 0 Å². The molecule has 6 heteroatoms. The van der Waals surface area contributed by atoms with E-state index < -0.39 is 15.5 Å². The van der Waals surface area contributed by atoms with Crippen LogP contribution in [0.1, 0.15) is 24.1 Å². The Morgan fingerprint density at radius 3 is 2.82 bits per heavy atom. The summed E-state index contributed by atoms with van der Waals surface area (Å²) in [5.41, 5.74) is 1.09. The Morgan fingerprint density at radius 2 is 2.14 bits per heavy atom. The molecule has 1 saturated heterocycles. The van der Waals surface area contributed by atoms with Gasteiger partial charge in [-0.2, -0.15) is 0 Å². The minimum Gasteiger partial charge on any atom is -0.381 e. The van der Waals surface area contributed by atoms with E-state index >= 15 is 0 Å². The Kier molecular flexibility index (Phi) is 4.70. The lowest BCUT2D eigenvalue weighted by atomic mass is 9.99. The first-order valence-corrected chi connectivity index (χ1v) is 9.85. The normalized spacial score (nSPS) is 24.9. The summed E-state index contributed by atoms with van der Waals surface area (Å²) in [4.78, 5) is 6.25. The highest BCUT2D eigenvalue weighted by Crippen LogP contribution is 2.42. The average molecular weight is 351 g/mol. The van der Waals surface area contributed by atoms with Crippen molar-refractivity contribution in [3.8, 4) is 10.6 Å². The number of aromatic nitrogens is 1. The Hall–Kier alpha value is -1.11. The number of rotatable bonds is 3. The minimum atomic E-state index is -0.994. The third-order valence-corrected chi connectivity index (χ3v) is 8.10. The largest absolute Gasteiger partial charge is 0.381 e. The van der Waals surface area contributed by atoms with Crippen LogP contribution in [-0.4, -0.2) is 27.0 Å². The molecule has 22 heavy (non-hydrogen) atoms. The molecule has 0 aliphatic carbocycles. The van der Waals surface area contributed by atoms with Crippen molar-refractivity contribution in [3.63, 3.8) is 0 Å². The lowest BCUT2D eigenvalue weighted by Crippen LogP contribution is -2.47. The lowest BCUT2D eigenvalue weighted by Gasteiger charge is -2.35. The first kappa shape index (κ1) is 15.8. The molecular weight excluding hydrogens is 332 g/mol. The van der Waals surface area contributed by atoms with Gasteiger partial charge in [0.15, 0.2) is 0 Å². The topological polar surface area (TPSA) is 42.0 Å². The smallest absolute Gasteiger partial charge is 0.131 e. The molecule has 1 fully saturated rings. The van der Waals surface area contributed by atoms with Gasteiger partial charge in [-0.25, -0.2) is 4.98 Å². The van der Waals surface area contributed by atoms with Gasteiger partial charge in [-0.05, 0) is 12.8 Å². The van der Waals surface area contributed by atoms with Crippen molar-refractivity contribution in [1.82, 2.24) is 10.3 Å². The number of hydrogen-bond acceptors (Lipinski definition) is 4. The quantitative estimate of drug-likeness (QED) is 0.861. The van der Waals surface area contributed by atoms with E-state index in [1.165, 1.54) is 0 Å². The molecule has 2 heterocycles. The number of nitrogens with one attached hydrogen (secondary N) is 1. The van der Waals surface area contributed by atoms with Gasteiger partial charge in [-0.1, -0.05) is 49.0 Å². The summed E-state index contributed by atoms with van der Waals surface area (Å²) in [5.74, 6) is 0.709. The summed E-state index contributed by atoms with van der Waals surface area (Å²) in [6.45, 7) is 0. The molecule has 1 aliphatic heterocycles. The van der Waals surface area contributed by atoms with E-state index in [1.807, 2.05) is 43.6 Å². The fourth-order valence-corrected chi connectivity index (χ4v) is 6.61. The van der Waals surface area contributed by atoms with Gasteiger partial charge in [0.05, 0.1) is 9.87 Å². The average Bonchev–Trinajstić information content (AvgIpc) is 3.06. The van der Waals surface area contributed by atoms with Gasteiger partial charge in [0.1, 0.15) is 9.75 Å². The van der Waals surface area contributed by atoms with Crippen LogP contribution in [-0.2, 0) is 15.5 Å². The molecule has 0 bridgehead atoms. The zero-order valence-corrected chi connectivity index (χ0v) is 14.8. The second-order valence-corrected chi connectivity index (χ2v) is 8.54. The Morgan fingerprint density at radius 1 is 1.36 bits per heavy atom. The van der Waals surface area contributed by atoms with Gasteiger partial charge in [-0.15, -0.1) is 11.3 Å². The maximum atomic E-state index is 12.8. The van der Waals surface area contributed by atoms with Gasteiger partial charge < -0.3 is 5.32 Å². The first-order valence-electron chi connectivity index (χ1n) is 7.31. The molecule has 3 rings (SSSR count). The molecule has 2 aromatic rings. The van der Waals surface area contributed by atoms with Gasteiger partial charge >= 0.3 is 0 Å². The molecule has 0 unspecified atom stereocenters. The van der Waals surface area contributed by atoms with Crippen molar-refractivity contribution in [2.24, 2.45) is 0 Å². The Labute approximate surface area is 142 Å². The summed E-state index contributed by atoms with van der Waals surface area (Å²) in [6, 6.07) is 10.1. The summed E-state index contributed by atoms with van der Waals surface area (Å²) < 4.78 is 12.3. The number of thiazole rings is 1. The van der Waals surface area contributed by atoms with E-state index in [0.29, 0.717) is 10.7 Å². The molecule has 0 radical (unpaired) electrons. The van der Waals surface area contributed by atoms with Gasteiger partial charge in [0.2, 0.25) is 0 Å². The summed E-state index contributed by atoms with van der Waals surface area (Å²) in [6.07, 6.45) is 4.74. The molecule has 3 nitrogen and oxygen atoms in total. The minimum absolute atomic E-state index is 0.562. The van der Waals surface area contributed by atoms with Crippen LogP contribution in [0.25, 0.3) is 10.6 Å². The van der Waals surface area contributed by atoms with Crippen molar-refractivity contribution in [2.75, 3.05) is 12.8 Å². The van der Waals surface area contributed by atoms with Crippen LogP contribution in [0, 0.1) is 0 Å². The van der Waals surface area contributed by atoms with Crippen LogP contribution in [0.4, 0.5) is 0 Å². The fourth-order valence-electron chi connectivity index (χ4n) is 2.84. The molecule has 0 spiro atoms. The zero-order valence-electron chi connectivity index (χ0n) is 12.4. The molecule has 0 saturated carbocycles. The Bertz CT molecular complexity index is 688. The number of nitrogens with zero attached hydrogens (tertiary/aromatic N) is 1. The number of likely N-dealkylation sites (N-methyl/N-ethyl adjacent to an activating group) is 1. The summed E-state index contributed by atoms with van der Waals surface area (Å²) >= 11 is 7.15. The summed E-state index contributed by atoms with van der Waals surface area (Å²) in [7, 11) is 0.821. The number of hydrogen-bond donors (Lipinski definition) is 1. The predicted octanol–water partition coefficient (Wildman–Crippen LogP) is 3.48. The summed E-state index contributed by atoms with van der Waals surface area (Å²) in [5, 5.41) is 4.03. The molecule has 1 aromatic heterocycles. The zero-order chi connectivity index (χ0) is 15.6. The van der Waals surface area contributed by atoms with Crippen molar-refractivity contribution in [1.29, 1.82) is 0 Å².